The molecule has 0 spiro atoms. The molecule has 0 aromatic heterocycles. The van der Waals surface area contributed by atoms with Crippen molar-refractivity contribution in [1.82, 2.24) is 0 Å². The van der Waals surface area contributed by atoms with Crippen LogP contribution in [0.4, 0.5) is 0 Å². The van der Waals surface area contributed by atoms with Crippen LogP contribution < -0.4 is 0 Å². The summed E-state index contributed by atoms with van der Waals surface area (Å²) in [7, 11) is 0. The van der Waals surface area contributed by atoms with Gasteiger partial charge in [-0.05, 0) is 25.7 Å². The molecule has 0 aromatic rings. The fraction of sp³-hybridized carbons (Fsp3) is 0.750. The Labute approximate surface area is 156 Å². The number of aliphatic hydroxyl groups excluding tert-OH is 3. The summed E-state index contributed by atoms with van der Waals surface area (Å²) in [5.74, 6) is -0.798. The van der Waals surface area contributed by atoms with Crippen molar-refractivity contribution in [2.24, 2.45) is 0 Å². The van der Waals surface area contributed by atoms with Crippen LogP contribution in [0.15, 0.2) is 24.3 Å². The highest BCUT2D eigenvalue weighted by Gasteiger charge is 2.36. The van der Waals surface area contributed by atoms with Crippen molar-refractivity contribution < 1.29 is 30.0 Å². The molecule has 1 aliphatic heterocycles. The van der Waals surface area contributed by atoms with Gasteiger partial charge in [-0.25, -0.2) is 0 Å². The first-order valence-electron chi connectivity index (χ1n) is 9.68. The number of unbranched alkanes of at least 4 members (excludes halogenated alkanes) is 3. The third-order valence-electron chi connectivity index (χ3n) is 4.56. The number of hydrogen-bond donors (Lipinski definition) is 4. The van der Waals surface area contributed by atoms with Crippen molar-refractivity contribution >= 4 is 5.97 Å². The number of carbonyl (C=O) groups is 1. The average Bonchev–Trinajstić information content (AvgIpc) is 2.97. The second-order valence-electron chi connectivity index (χ2n) is 6.95. The Bertz CT molecular complexity index is 448. The molecule has 6 nitrogen and oxygen atoms in total. The molecule has 0 bridgehead atoms. The molecule has 0 aromatic carbocycles. The number of carboxylic acids is 1. The quantitative estimate of drug-likeness (QED) is 0.293. The summed E-state index contributed by atoms with van der Waals surface area (Å²) in [6.07, 6.45) is 10.2. The lowest BCUT2D eigenvalue weighted by Gasteiger charge is -2.16. The van der Waals surface area contributed by atoms with Gasteiger partial charge in [0, 0.05) is 12.8 Å². The summed E-state index contributed by atoms with van der Waals surface area (Å²) >= 11 is 0. The Hall–Kier alpha value is -1.21. The van der Waals surface area contributed by atoms with E-state index in [1.807, 2.05) is 12.2 Å². The van der Waals surface area contributed by atoms with Gasteiger partial charge in [-0.1, -0.05) is 50.5 Å². The highest BCUT2D eigenvalue weighted by molar-refractivity contribution is 5.66. The predicted octanol–water partition coefficient (Wildman–Crippen LogP) is 2.56. The number of aliphatic hydroxyl groups is 3. The van der Waals surface area contributed by atoms with E-state index in [-0.39, 0.29) is 12.5 Å². The molecule has 0 saturated carbocycles. The number of aliphatic carboxylic acids is 1. The van der Waals surface area contributed by atoms with Gasteiger partial charge in [0.25, 0.3) is 0 Å². The molecular weight excluding hydrogens is 336 g/mol. The molecule has 0 aliphatic carbocycles. The van der Waals surface area contributed by atoms with E-state index in [1.54, 1.807) is 12.2 Å². The SMILES string of the molecule is CCCCC[C@H](O)/C=C/[C@@H](O)[C@@H]1C[C@@H](O)[C@@H](C/C=C\CCCC(=O)O)O1. The van der Waals surface area contributed by atoms with Crippen molar-refractivity contribution in [2.45, 2.75) is 95.2 Å². The predicted molar refractivity (Wildman–Crippen MR) is 99.8 cm³/mol. The monoisotopic (exact) mass is 370 g/mol. The van der Waals surface area contributed by atoms with Crippen LogP contribution in [0.25, 0.3) is 0 Å². The molecule has 150 valence electrons. The molecule has 4 N–H and O–H groups in total. The van der Waals surface area contributed by atoms with Crippen LogP contribution in [-0.2, 0) is 9.53 Å². The van der Waals surface area contributed by atoms with Gasteiger partial charge in [-0.3, -0.25) is 4.79 Å². The molecule has 1 rings (SSSR count). The Kier molecular flexibility index (Phi) is 11.4. The van der Waals surface area contributed by atoms with Crippen molar-refractivity contribution in [1.29, 1.82) is 0 Å². The topological polar surface area (TPSA) is 107 Å². The minimum absolute atomic E-state index is 0.151. The summed E-state index contributed by atoms with van der Waals surface area (Å²) in [5, 5.41) is 38.7. The van der Waals surface area contributed by atoms with Gasteiger partial charge >= 0.3 is 5.97 Å². The fourth-order valence-corrected chi connectivity index (χ4v) is 2.98. The number of carboxylic acid groups (broad SMARTS) is 1. The lowest BCUT2D eigenvalue weighted by Crippen LogP contribution is -2.24. The summed E-state index contributed by atoms with van der Waals surface area (Å²) in [6, 6.07) is 0. The van der Waals surface area contributed by atoms with Gasteiger partial charge in [0.2, 0.25) is 0 Å². The maximum Gasteiger partial charge on any atom is 0.303 e. The molecule has 1 aliphatic rings. The number of ether oxygens (including phenoxy) is 1. The molecule has 0 amide bonds. The van der Waals surface area contributed by atoms with E-state index in [4.69, 9.17) is 9.84 Å². The number of hydrogen-bond acceptors (Lipinski definition) is 5. The second kappa shape index (κ2) is 13.0. The van der Waals surface area contributed by atoms with Gasteiger partial charge in [0.05, 0.1) is 30.5 Å². The Balaban J connectivity index is 2.30. The molecule has 1 fully saturated rings. The van der Waals surface area contributed by atoms with Crippen LogP contribution in [0, 0.1) is 0 Å². The smallest absolute Gasteiger partial charge is 0.303 e. The van der Waals surface area contributed by atoms with Crippen LogP contribution >= 0.6 is 0 Å². The first kappa shape index (κ1) is 22.8. The largest absolute Gasteiger partial charge is 0.481 e. The van der Waals surface area contributed by atoms with Crippen LogP contribution in [0.1, 0.15) is 64.7 Å². The highest BCUT2D eigenvalue weighted by Crippen LogP contribution is 2.26. The van der Waals surface area contributed by atoms with Gasteiger partial charge in [0.1, 0.15) is 0 Å². The van der Waals surface area contributed by atoms with Gasteiger partial charge < -0.3 is 25.2 Å². The number of allylic oxidation sites excluding steroid dienone is 1. The Morgan fingerprint density at radius 3 is 2.65 bits per heavy atom. The lowest BCUT2D eigenvalue weighted by molar-refractivity contribution is -0.137. The zero-order valence-electron chi connectivity index (χ0n) is 15.7. The van der Waals surface area contributed by atoms with Crippen molar-refractivity contribution in [3.63, 3.8) is 0 Å². The van der Waals surface area contributed by atoms with Gasteiger partial charge in [-0.15, -0.1) is 0 Å². The van der Waals surface area contributed by atoms with E-state index in [0.29, 0.717) is 32.1 Å². The van der Waals surface area contributed by atoms with Crippen LogP contribution in [-0.4, -0.2) is 56.9 Å². The third kappa shape index (κ3) is 9.48. The summed E-state index contributed by atoms with van der Waals surface area (Å²) in [4.78, 5) is 10.4. The molecule has 26 heavy (non-hydrogen) atoms. The Morgan fingerprint density at radius 2 is 1.96 bits per heavy atom. The average molecular weight is 370 g/mol. The summed E-state index contributed by atoms with van der Waals surface area (Å²) < 4.78 is 5.73. The van der Waals surface area contributed by atoms with E-state index in [2.05, 4.69) is 6.92 Å². The third-order valence-corrected chi connectivity index (χ3v) is 4.56. The fourth-order valence-electron chi connectivity index (χ4n) is 2.98. The molecular formula is C20H34O6. The molecule has 5 atom stereocenters. The standard InChI is InChI=1S/C20H34O6/c1-2-3-6-9-15(21)12-13-16(22)19-14-17(23)18(26-19)10-7-4-5-8-11-20(24)25/h4,7,12-13,15-19,21-23H,2-3,5-6,8-11,14H2,1H3,(H,24,25)/b7-4-,13-12+/t15-,16+,17+,18+,19-/m0/s1. The molecule has 0 radical (unpaired) electrons. The number of rotatable bonds is 13. The maximum absolute atomic E-state index is 10.4. The molecule has 1 saturated heterocycles. The molecule has 1 heterocycles. The zero-order chi connectivity index (χ0) is 19.4. The Morgan fingerprint density at radius 1 is 1.19 bits per heavy atom. The van der Waals surface area contributed by atoms with E-state index in [0.717, 1.165) is 19.3 Å². The normalized spacial score (nSPS) is 25.9. The van der Waals surface area contributed by atoms with Crippen molar-refractivity contribution in [3.8, 4) is 0 Å². The first-order valence-corrected chi connectivity index (χ1v) is 9.68. The van der Waals surface area contributed by atoms with E-state index < -0.39 is 30.4 Å². The highest BCUT2D eigenvalue weighted by atomic mass is 16.5. The van der Waals surface area contributed by atoms with Crippen molar-refractivity contribution in [2.75, 3.05) is 0 Å². The van der Waals surface area contributed by atoms with E-state index in [9.17, 15) is 20.1 Å². The maximum atomic E-state index is 10.4. The van der Waals surface area contributed by atoms with E-state index >= 15 is 0 Å². The molecule has 6 heteroatoms. The summed E-state index contributed by atoms with van der Waals surface area (Å²) in [6.45, 7) is 2.11. The van der Waals surface area contributed by atoms with Gasteiger partial charge in [-0.2, -0.15) is 0 Å². The zero-order valence-corrected chi connectivity index (χ0v) is 15.7. The lowest BCUT2D eigenvalue weighted by atomic mass is 10.0. The minimum Gasteiger partial charge on any atom is -0.481 e. The van der Waals surface area contributed by atoms with Crippen molar-refractivity contribution in [3.05, 3.63) is 24.3 Å². The second-order valence-corrected chi connectivity index (χ2v) is 6.95. The molecule has 0 unspecified atom stereocenters. The first-order chi connectivity index (χ1) is 12.4. The van der Waals surface area contributed by atoms with Crippen LogP contribution in [0.5, 0.6) is 0 Å². The van der Waals surface area contributed by atoms with Crippen LogP contribution in [0.3, 0.4) is 0 Å². The van der Waals surface area contributed by atoms with Gasteiger partial charge in [0.15, 0.2) is 0 Å². The minimum atomic E-state index is -0.852. The summed E-state index contributed by atoms with van der Waals surface area (Å²) in [5.41, 5.74) is 0. The van der Waals surface area contributed by atoms with Crippen LogP contribution in [0.2, 0.25) is 0 Å². The van der Waals surface area contributed by atoms with E-state index in [1.165, 1.54) is 0 Å².